The molecule has 0 saturated heterocycles. The number of carbonyl (C=O) groups excluding carboxylic acids is 1. The summed E-state index contributed by atoms with van der Waals surface area (Å²) in [5.41, 5.74) is 0.615. The molecule has 0 aliphatic rings. The van der Waals surface area contributed by atoms with E-state index in [1.165, 1.54) is 12.1 Å². The van der Waals surface area contributed by atoms with Crippen LogP contribution in [0.5, 0.6) is 0 Å². The molecule has 0 aliphatic heterocycles. The molecule has 0 heterocycles. The number of ketones is 1. The topological polar surface area (TPSA) is 43.1 Å². The van der Waals surface area contributed by atoms with Crippen LogP contribution in [0.4, 0.5) is 5.69 Å². The van der Waals surface area contributed by atoms with Crippen LogP contribution in [-0.4, -0.2) is 16.7 Å². The number of Topliss-reactive ketones (excluding diaryl/α,β-unsaturated/α-hetero) is 1. The minimum absolute atomic E-state index is 0.218. The SMILES string of the molecule is O=C(/C=[N+](\[O-])c1ccccc1)c1ccc(Cl)cc1Cl. The van der Waals surface area contributed by atoms with Crippen LogP contribution < -0.4 is 0 Å². The van der Waals surface area contributed by atoms with Crippen LogP contribution in [0.15, 0.2) is 48.5 Å². The van der Waals surface area contributed by atoms with E-state index in [0.29, 0.717) is 15.4 Å². The van der Waals surface area contributed by atoms with E-state index in [4.69, 9.17) is 23.2 Å². The summed E-state index contributed by atoms with van der Waals surface area (Å²) in [6.45, 7) is 0. The second kappa shape index (κ2) is 5.87. The summed E-state index contributed by atoms with van der Waals surface area (Å²) in [4.78, 5) is 11.9. The Bertz CT molecular complexity index is 639. The molecule has 0 aromatic heterocycles. The highest BCUT2D eigenvalue weighted by Gasteiger charge is 2.13. The van der Waals surface area contributed by atoms with Crippen molar-refractivity contribution < 1.29 is 9.53 Å². The van der Waals surface area contributed by atoms with E-state index in [1.54, 1.807) is 36.4 Å². The van der Waals surface area contributed by atoms with Gasteiger partial charge in [0.05, 0.1) is 5.02 Å². The molecule has 0 spiro atoms. The fourth-order valence-corrected chi connectivity index (χ4v) is 2.02. The molecule has 0 fully saturated rings. The summed E-state index contributed by atoms with van der Waals surface area (Å²) >= 11 is 11.7. The van der Waals surface area contributed by atoms with Crippen molar-refractivity contribution in [2.75, 3.05) is 0 Å². The highest BCUT2D eigenvalue weighted by molar-refractivity contribution is 6.42. The first-order valence-electron chi connectivity index (χ1n) is 5.43. The molecule has 96 valence electrons. The van der Waals surface area contributed by atoms with E-state index in [9.17, 15) is 10.0 Å². The lowest BCUT2D eigenvalue weighted by Gasteiger charge is -2.03. The first-order chi connectivity index (χ1) is 9.08. The van der Waals surface area contributed by atoms with Crippen molar-refractivity contribution in [1.82, 2.24) is 0 Å². The van der Waals surface area contributed by atoms with Crippen LogP contribution >= 0.6 is 23.2 Å². The van der Waals surface area contributed by atoms with E-state index < -0.39 is 5.78 Å². The van der Waals surface area contributed by atoms with Gasteiger partial charge in [-0.3, -0.25) is 4.79 Å². The first-order valence-corrected chi connectivity index (χ1v) is 6.19. The van der Waals surface area contributed by atoms with Gasteiger partial charge in [0, 0.05) is 22.7 Å². The number of halogens is 2. The predicted octanol–water partition coefficient (Wildman–Crippen LogP) is 4.09. The van der Waals surface area contributed by atoms with E-state index in [2.05, 4.69) is 0 Å². The Morgan fingerprint density at radius 3 is 2.42 bits per heavy atom. The van der Waals surface area contributed by atoms with E-state index in [1.807, 2.05) is 0 Å². The standard InChI is InChI=1S/C14H9Cl2NO2/c15-10-6-7-12(13(16)8-10)14(18)9-17(19)11-4-2-1-3-5-11/h1-9H/b17-9-. The molecule has 3 nitrogen and oxygen atoms in total. The molecule has 5 heteroatoms. The molecule has 0 radical (unpaired) electrons. The third-order valence-electron chi connectivity index (χ3n) is 2.44. The maximum Gasteiger partial charge on any atom is 0.251 e. The lowest BCUT2D eigenvalue weighted by Crippen LogP contribution is -2.09. The third kappa shape index (κ3) is 3.34. The van der Waals surface area contributed by atoms with Gasteiger partial charge in [0.25, 0.3) is 5.78 Å². The molecule has 0 aliphatic carbocycles. The van der Waals surface area contributed by atoms with Gasteiger partial charge in [-0.2, -0.15) is 4.74 Å². The van der Waals surface area contributed by atoms with Gasteiger partial charge in [-0.1, -0.05) is 41.4 Å². The molecule has 0 bridgehead atoms. The second-order valence-electron chi connectivity index (χ2n) is 3.78. The summed E-state index contributed by atoms with van der Waals surface area (Å²) in [5.74, 6) is -0.472. The normalized spacial score (nSPS) is 11.4. The number of benzene rings is 2. The number of nitrogens with zero attached hydrogens (tertiary/aromatic N) is 1. The van der Waals surface area contributed by atoms with Gasteiger partial charge in [0.2, 0.25) is 11.9 Å². The maximum absolute atomic E-state index is 11.9. The van der Waals surface area contributed by atoms with Crippen LogP contribution in [0.25, 0.3) is 0 Å². The molecule has 0 unspecified atom stereocenters. The second-order valence-corrected chi connectivity index (χ2v) is 4.62. The minimum Gasteiger partial charge on any atom is -0.618 e. The molecule has 0 N–H and O–H groups in total. The van der Waals surface area contributed by atoms with Gasteiger partial charge < -0.3 is 5.21 Å². The number of para-hydroxylation sites is 1. The third-order valence-corrected chi connectivity index (χ3v) is 2.99. The summed E-state index contributed by atoms with van der Waals surface area (Å²) in [7, 11) is 0. The van der Waals surface area contributed by atoms with Crippen molar-refractivity contribution in [3.63, 3.8) is 0 Å². The predicted molar refractivity (Wildman–Crippen MR) is 76.6 cm³/mol. The minimum atomic E-state index is -0.472. The van der Waals surface area contributed by atoms with E-state index >= 15 is 0 Å². The quantitative estimate of drug-likeness (QED) is 0.281. The Balaban J connectivity index is 2.30. The molecule has 19 heavy (non-hydrogen) atoms. The Morgan fingerprint density at radius 1 is 1.11 bits per heavy atom. The van der Waals surface area contributed by atoms with Crippen LogP contribution in [-0.2, 0) is 0 Å². The summed E-state index contributed by atoms with van der Waals surface area (Å²) in [5, 5.41) is 12.4. The molecular formula is C14H9Cl2NO2. The summed E-state index contributed by atoms with van der Waals surface area (Å²) in [6, 6.07) is 12.9. The average Bonchev–Trinajstić information content (AvgIpc) is 2.39. The Morgan fingerprint density at radius 2 is 1.79 bits per heavy atom. The van der Waals surface area contributed by atoms with Gasteiger partial charge in [0.15, 0.2) is 0 Å². The number of rotatable bonds is 3. The van der Waals surface area contributed by atoms with Crippen molar-refractivity contribution in [1.29, 1.82) is 0 Å². The zero-order valence-electron chi connectivity index (χ0n) is 9.72. The van der Waals surface area contributed by atoms with Crippen LogP contribution in [0.3, 0.4) is 0 Å². The van der Waals surface area contributed by atoms with Gasteiger partial charge in [-0.05, 0) is 18.2 Å². The number of carbonyl (C=O) groups is 1. The molecule has 0 saturated carbocycles. The molecule has 2 aromatic rings. The number of hydrogen-bond donors (Lipinski definition) is 0. The molecular weight excluding hydrogens is 285 g/mol. The fraction of sp³-hybridized carbons (Fsp3) is 0. The maximum atomic E-state index is 11.9. The molecule has 0 atom stereocenters. The highest BCUT2D eigenvalue weighted by Crippen LogP contribution is 2.21. The molecule has 2 aromatic carbocycles. The molecule has 0 amide bonds. The average molecular weight is 294 g/mol. The Labute approximate surface area is 120 Å². The van der Waals surface area contributed by atoms with Crippen molar-refractivity contribution in [2.45, 2.75) is 0 Å². The Hall–Kier alpha value is -1.84. The Kier molecular flexibility index (Phi) is 4.20. The number of hydrogen-bond acceptors (Lipinski definition) is 2. The highest BCUT2D eigenvalue weighted by atomic mass is 35.5. The van der Waals surface area contributed by atoms with Crippen LogP contribution in [0.2, 0.25) is 10.0 Å². The van der Waals surface area contributed by atoms with Crippen molar-refractivity contribution in [2.24, 2.45) is 0 Å². The lowest BCUT2D eigenvalue weighted by molar-refractivity contribution is -0.353. The first kappa shape index (κ1) is 13.6. The summed E-state index contributed by atoms with van der Waals surface area (Å²) < 4.78 is 0.507. The largest absolute Gasteiger partial charge is 0.618 e. The van der Waals surface area contributed by atoms with Gasteiger partial charge >= 0.3 is 0 Å². The van der Waals surface area contributed by atoms with E-state index in [-0.39, 0.29) is 10.6 Å². The smallest absolute Gasteiger partial charge is 0.251 e. The van der Waals surface area contributed by atoms with Gasteiger partial charge in [-0.25, -0.2) is 0 Å². The zero-order chi connectivity index (χ0) is 13.8. The lowest BCUT2D eigenvalue weighted by atomic mass is 10.1. The van der Waals surface area contributed by atoms with Crippen LogP contribution in [0.1, 0.15) is 10.4 Å². The molecule has 2 rings (SSSR count). The van der Waals surface area contributed by atoms with Crippen LogP contribution in [0, 0.1) is 5.21 Å². The summed E-state index contributed by atoms with van der Waals surface area (Å²) in [6.07, 6.45) is 0.949. The van der Waals surface area contributed by atoms with Crippen molar-refractivity contribution in [3.8, 4) is 0 Å². The van der Waals surface area contributed by atoms with E-state index in [0.717, 1.165) is 6.21 Å². The van der Waals surface area contributed by atoms with Gasteiger partial charge in [0.1, 0.15) is 0 Å². The zero-order valence-corrected chi connectivity index (χ0v) is 11.2. The monoisotopic (exact) mass is 293 g/mol. The fourth-order valence-electron chi connectivity index (χ4n) is 1.51. The van der Waals surface area contributed by atoms with Crippen molar-refractivity contribution in [3.05, 3.63) is 69.3 Å². The van der Waals surface area contributed by atoms with Gasteiger partial charge in [-0.15, -0.1) is 0 Å². The van der Waals surface area contributed by atoms with Crippen molar-refractivity contribution >= 4 is 40.9 Å².